The number of nitrogens with one attached hydrogen (secondary N) is 2. The number of amides is 2. The number of carbonyl (C=O) groups excluding carboxylic acids is 1. The normalized spacial score (nSPS) is 19.3. The summed E-state index contributed by atoms with van der Waals surface area (Å²) in [5.41, 5.74) is 0.915. The van der Waals surface area contributed by atoms with E-state index in [-0.39, 0.29) is 6.03 Å². The van der Waals surface area contributed by atoms with Crippen molar-refractivity contribution in [1.29, 1.82) is 0 Å². The molecule has 0 aromatic heterocycles. The molecular weight excluding hydrogens is 322 g/mol. The highest BCUT2D eigenvalue weighted by Gasteiger charge is 2.18. The smallest absolute Gasteiger partial charge is 0.319 e. The van der Waals surface area contributed by atoms with Gasteiger partial charge in [-0.2, -0.15) is 0 Å². The Balaban J connectivity index is 1.45. The van der Waals surface area contributed by atoms with Crippen LogP contribution in [-0.4, -0.2) is 55.6 Å². The number of thioether (sulfide) groups is 1. The third kappa shape index (κ3) is 5.40. The van der Waals surface area contributed by atoms with E-state index in [2.05, 4.69) is 21.6 Å². The predicted molar refractivity (Wildman–Crippen MR) is 98.8 cm³/mol. The van der Waals surface area contributed by atoms with Crippen LogP contribution in [0.4, 0.5) is 10.5 Å². The van der Waals surface area contributed by atoms with Crippen molar-refractivity contribution < 1.29 is 9.53 Å². The summed E-state index contributed by atoms with van der Waals surface area (Å²) in [6.07, 6.45) is 5.22. The van der Waals surface area contributed by atoms with Gasteiger partial charge in [-0.3, -0.25) is 4.90 Å². The summed E-state index contributed by atoms with van der Waals surface area (Å²) in [7, 11) is 0. The second-order valence-corrected chi connectivity index (χ2v) is 7.70. The average molecular weight is 350 g/mol. The van der Waals surface area contributed by atoms with Crippen molar-refractivity contribution in [3.8, 4) is 0 Å². The SMILES string of the molecule is O=C(NCCN1CCOCC1)Nc1ccccc1SC1CCCC1. The fourth-order valence-electron chi connectivity index (χ4n) is 3.18. The zero-order chi connectivity index (χ0) is 16.6. The van der Waals surface area contributed by atoms with Gasteiger partial charge in [0.1, 0.15) is 0 Å². The molecule has 5 nitrogen and oxygen atoms in total. The number of nitrogens with zero attached hydrogens (tertiary/aromatic N) is 1. The maximum absolute atomic E-state index is 12.2. The van der Waals surface area contributed by atoms with Crippen molar-refractivity contribution in [3.63, 3.8) is 0 Å². The number of hydrogen-bond donors (Lipinski definition) is 2. The van der Waals surface area contributed by atoms with E-state index in [4.69, 9.17) is 4.74 Å². The van der Waals surface area contributed by atoms with E-state index in [1.165, 1.54) is 30.6 Å². The summed E-state index contributed by atoms with van der Waals surface area (Å²) >= 11 is 1.90. The molecule has 1 aliphatic carbocycles. The van der Waals surface area contributed by atoms with Crippen LogP contribution >= 0.6 is 11.8 Å². The fourth-order valence-corrected chi connectivity index (χ4v) is 4.51. The number of benzene rings is 1. The Morgan fingerprint density at radius 1 is 1.21 bits per heavy atom. The molecule has 132 valence electrons. The lowest BCUT2D eigenvalue weighted by Gasteiger charge is -2.26. The second kappa shape index (κ2) is 9.30. The van der Waals surface area contributed by atoms with Crippen LogP contribution in [0.3, 0.4) is 0 Å². The lowest BCUT2D eigenvalue weighted by atomic mass is 10.3. The van der Waals surface area contributed by atoms with Crippen molar-refractivity contribution in [1.82, 2.24) is 10.2 Å². The van der Waals surface area contributed by atoms with Gasteiger partial charge in [0.2, 0.25) is 0 Å². The minimum Gasteiger partial charge on any atom is -0.379 e. The van der Waals surface area contributed by atoms with E-state index in [1.807, 2.05) is 30.0 Å². The van der Waals surface area contributed by atoms with Gasteiger partial charge in [0, 0.05) is 36.3 Å². The molecule has 1 aromatic rings. The highest BCUT2D eigenvalue weighted by Crippen LogP contribution is 2.37. The van der Waals surface area contributed by atoms with Gasteiger partial charge in [0.05, 0.1) is 18.9 Å². The molecule has 24 heavy (non-hydrogen) atoms. The van der Waals surface area contributed by atoms with Crippen LogP contribution in [0.2, 0.25) is 0 Å². The molecule has 0 unspecified atom stereocenters. The molecule has 3 rings (SSSR count). The molecule has 1 saturated carbocycles. The van der Waals surface area contributed by atoms with Crippen LogP contribution in [-0.2, 0) is 4.74 Å². The van der Waals surface area contributed by atoms with E-state index in [1.54, 1.807) is 0 Å². The van der Waals surface area contributed by atoms with Crippen molar-refractivity contribution in [2.75, 3.05) is 44.7 Å². The number of ether oxygens (including phenoxy) is 1. The number of carbonyl (C=O) groups is 1. The first-order chi connectivity index (χ1) is 11.8. The summed E-state index contributed by atoms with van der Waals surface area (Å²) in [5, 5.41) is 6.66. The van der Waals surface area contributed by atoms with Crippen LogP contribution in [0.1, 0.15) is 25.7 Å². The lowest BCUT2D eigenvalue weighted by Crippen LogP contribution is -2.42. The largest absolute Gasteiger partial charge is 0.379 e. The maximum atomic E-state index is 12.2. The molecule has 2 fully saturated rings. The predicted octanol–water partition coefficient (Wildman–Crippen LogP) is 3.18. The highest BCUT2D eigenvalue weighted by molar-refractivity contribution is 8.00. The molecule has 0 radical (unpaired) electrons. The van der Waals surface area contributed by atoms with Crippen LogP contribution in [0, 0.1) is 0 Å². The van der Waals surface area contributed by atoms with Gasteiger partial charge >= 0.3 is 6.03 Å². The van der Waals surface area contributed by atoms with Gasteiger partial charge in [-0.25, -0.2) is 4.79 Å². The Bertz CT molecular complexity index is 529. The van der Waals surface area contributed by atoms with Gasteiger partial charge in [0.25, 0.3) is 0 Å². The molecule has 0 atom stereocenters. The van der Waals surface area contributed by atoms with Crippen molar-refractivity contribution >= 4 is 23.5 Å². The van der Waals surface area contributed by atoms with Gasteiger partial charge in [0.15, 0.2) is 0 Å². The number of urea groups is 1. The number of hydrogen-bond acceptors (Lipinski definition) is 4. The molecule has 1 heterocycles. The Morgan fingerprint density at radius 3 is 2.75 bits per heavy atom. The Kier molecular flexibility index (Phi) is 6.81. The third-order valence-electron chi connectivity index (χ3n) is 4.55. The van der Waals surface area contributed by atoms with Crippen LogP contribution in [0.25, 0.3) is 0 Å². The summed E-state index contributed by atoms with van der Waals surface area (Å²) in [4.78, 5) is 15.7. The summed E-state index contributed by atoms with van der Waals surface area (Å²) in [6, 6.07) is 7.98. The molecule has 1 aromatic carbocycles. The van der Waals surface area contributed by atoms with E-state index < -0.39 is 0 Å². The standard InChI is InChI=1S/C18H27N3O2S/c22-18(19-9-10-21-11-13-23-14-12-21)20-16-7-3-4-8-17(16)24-15-5-1-2-6-15/h3-4,7-8,15H,1-2,5-6,9-14H2,(H2,19,20,22). The van der Waals surface area contributed by atoms with Crippen LogP contribution in [0.15, 0.2) is 29.2 Å². The molecular formula is C18H27N3O2S. The van der Waals surface area contributed by atoms with Gasteiger partial charge in [-0.15, -0.1) is 11.8 Å². The Hall–Kier alpha value is -1.24. The number of morpholine rings is 1. The molecule has 2 amide bonds. The summed E-state index contributed by atoms with van der Waals surface area (Å²) in [5.74, 6) is 0. The molecule has 1 aliphatic heterocycles. The summed E-state index contributed by atoms with van der Waals surface area (Å²) < 4.78 is 5.33. The first kappa shape index (κ1) is 17.6. The van der Waals surface area contributed by atoms with Gasteiger partial charge < -0.3 is 15.4 Å². The number of rotatable bonds is 6. The molecule has 6 heteroatoms. The minimum atomic E-state index is -0.122. The highest BCUT2D eigenvalue weighted by atomic mass is 32.2. The molecule has 1 saturated heterocycles. The van der Waals surface area contributed by atoms with E-state index in [0.717, 1.165) is 38.5 Å². The fraction of sp³-hybridized carbons (Fsp3) is 0.611. The van der Waals surface area contributed by atoms with E-state index in [0.29, 0.717) is 11.8 Å². The monoisotopic (exact) mass is 349 g/mol. The zero-order valence-corrected chi connectivity index (χ0v) is 14.9. The average Bonchev–Trinajstić information content (AvgIpc) is 3.11. The molecule has 0 bridgehead atoms. The van der Waals surface area contributed by atoms with Crippen LogP contribution < -0.4 is 10.6 Å². The van der Waals surface area contributed by atoms with E-state index in [9.17, 15) is 4.79 Å². The van der Waals surface area contributed by atoms with E-state index >= 15 is 0 Å². The van der Waals surface area contributed by atoms with Gasteiger partial charge in [-0.1, -0.05) is 25.0 Å². The van der Waals surface area contributed by atoms with Crippen molar-refractivity contribution in [3.05, 3.63) is 24.3 Å². The third-order valence-corrected chi connectivity index (χ3v) is 5.96. The van der Waals surface area contributed by atoms with Crippen LogP contribution in [0.5, 0.6) is 0 Å². The zero-order valence-electron chi connectivity index (χ0n) is 14.1. The lowest BCUT2D eigenvalue weighted by molar-refractivity contribution is 0.0388. The first-order valence-corrected chi connectivity index (χ1v) is 9.80. The Labute approximate surface area is 148 Å². The first-order valence-electron chi connectivity index (χ1n) is 8.92. The maximum Gasteiger partial charge on any atom is 0.319 e. The van der Waals surface area contributed by atoms with Crippen molar-refractivity contribution in [2.24, 2.45) is 0 Å². The topological polar surface area (TPSA) is 53.6 Å². The minimum absolute atomic E-state index is 0.122. The second-order valence-electron chi connectivity index (χ2n) is 6.36. The van der Waals surface area contributed by atoms with Crippen molar-refractivity contribution in [2.45, 2.75) is 35.8 Å². The molecule has 2 aliphatic rings. The Morgan fingerprint density at radius 2 is 1.96 bits per heavy atom. The number of para-hydroxylation sites is 1. The number of anilines is 1. The quantitative estimate of drug-likeness (QED) is 0.828. The summed E-state index contributed by atoms with van der Waals surface area (Å²) in [6.45, 7) is 5.00. The van der Waals surface area contributed by atoms with Gasteiger partial charge in [-0.05, 0) is 25.0 Å². The molecule has 2 N–H and O–H groups in total. The molecule has 0 spiro atoms.